The summed E-state index contributed by atoms with van der Waals surface area (Å²) in [6.45, 7) is 3.33. The van der Waals surface area contributed by atoms with Crippen molar-refractivity contribution in [2.24, 2.45) is 5.73 Å². The molecule has 114 valence electrons. The molecule has 3 heterocycles. The van der Waals surface area contributed by atoms with Gasteiger partial charge in [0.15, 0.2) is 5.65 Å². The number of anilines is 1. The number of fused-ring (bicyclic) bond motifs is 1. The maximum absolute atomic E-state index is 5.82. The van der Waals surface area contributed by atoms with E-state index in [4.69, 9.17) is 10.5 Å². The molecular weight excluding hydrogens is 334 g/mol. The van der Waals surface area contributed by atoms with Crippen LogP contribution in [-0.2, 0) is 4.74 Å². The predicted molar refractivity (Wildman–Crippen MR) is 85.5 cm³/mol. The first-order chi connectivity index (χ1) is 10.3. The molecule has 6 nitrogen and oxygen atoms in total. The van der Waals surface area contributed by atoms with Gasteiger partial charge >= 0.3 is 0 Å². The van der Waals surface area contributed by atoms with Gasteiger partial charge in [-0.3, -0.25) is 0 Å². The number of ether oxygens (including phenoxy) is 1. The van der Waals surface area contributed by atoms with Gasteiger partial charge in [0.25, 0.3) is 0 Å². The first-order valence-electron chi connectivity index (χ1n) is 7.35. The van der Waals surface area contributed by atoms with Crippen LogP contribution in [0.15, 0.2) is 22.8 Å². The molecular formula is C14H20BrN5O. The lowest BCUT2D eigenvalue weighted by molar-refractivity contribution is 0.0365. The Bertz CT molecular complexity index is 594. The fourth-order valence-electron chi connectivity index (χ4n) is 2.54. The predicted octanol–water partition coefficient (Wildman–Crippen LogP) is 1.83. The number of nitrogens with zero attached hydrogens (tertiary/aromatic N) is 4. The van der Waals surface area contributed by atoms with Gasteiger partial charge in [0.05, 0.1) is 6.10 Å². The zero-order chi connectivity index (χ0) is 14.7. The molecule has 0 aromatic carbocycles. The second-order valence-electron chi connectivity index (χ2n) is 5.26. The average Bonchev–Trinajstić information content (AvgIpc) is 2.91. The molecule has 0 saturated carbocycles. The van der Waals surface area contributed by atoms with Gasteiger partial charge in [-0.2, -0.15) is 4.98 Å². The lowest BCUT2D eigenvalue weighted by atomic mass is 10.1. The molecule has 21 heavy (non-hydrogen) atoms. The molecule has 0 amide bonds. The number of aromatic nitrogens is 3. The molecule has 7 heteroatoms. The molecule has 0 unspecified atom stereocenters. The van der Waals surface area contributed by atoms with Gasteiger partial charge in [0.1, 0.15) is 0 Å². The Hall–Kier alpha value is -1.18. The van der Waals surface area contributed by atoms with Crippen LogP contribution in [0, 0.1) is 0 Å². The first kappa shape index (κ1) is 14.7. The van der Waals surface area contributed by atoms with Gasteiger partial charge in [-0.1, -0.05) is 0 Å². The summed E-state index contributed by atoms with van der Waals surface area (Å²) < 4.78 is 8.63. The van der Waals surface area contributed by atoms with E-state index in [2.05, 4.69) is 30.9 Å². The van der Waals surface area contributed by atoms with Gasteiger partial charge in [-0.15, -0.1) is 5.10 Å². The zero-order valence-electron chi connectivity index (χ0n) is 11.9. The van der Waals surface area contributed by atoms with Crippen molar-refractivity contribution in [3.05, 3.63) is 22.8 Å². The third-order valence-electron chi connectivity index (χ3n) is 3.71. The molecule has 1 aliphatic heterocycles. The Morgan fingerprint density at radius 2 is 2.14 bits per heavy atom. The molecule has 2 aromatic heterocycles. The Kier molecular flexibility index (Phi) is 4.72. The minimum Gasteiger partial charge on any atom is -0.378 e. The van der Waals surface area contributed by atoms with Crippen molar-refractivity contribution in [3.63, 3.8) is 0 Å². The molecule has 1 fully saturated rings. The van der Waals surface area contributed by atoms with E-state index in [0.717, 1.165) is 55.0 Å². The standard InChI is InChI=1S/C14H20BrN5O/c15-11-2-3-13-17-14(18-20(13)10-11)19-7-4-12(5-8-19)21-9-1-6-16/h2-3,10,12H,1,4-9,16H2. The third kappa shape index (κ3) is 3.53. The van der Waals surface area contributed by atoms with Crippen molar-refractivity contribution in [2.45, 2.75) is 25.4 Å². The van der Waals surface area contributed by atoms with E-state index in [-0.39, 0.29) is 0 Å². The Labute approximate surface area is 132 Å². The van der Waals surface area contributed by atoms with Crippen molar-refractivity contribution in [1.82, 2.24) is 14.6 Å². The summed E-state index contributed by atoms with van der Waals surface area (Å²) in [4.78, 5) is 6.80. The Morgan fingerprint density at radius 1 is 1.33 bits per heavy atom. The van der Waals surface area contributed by atoms with E-state index in [1.807, 2.05) is 22.8 Å². The maximum Gasteiger partial charge on any atom is 0.245 e. The number of hydrogen-bond acceptors (Lipinski definition) is 5. The van der Waals surface area contributed by atoms with E-state index < -0.39 is 0 Å². The van der Waals surface area contributed by atoms with E-state index in [9.17, 15) is 0 Å². The van der Waals surface area contributed by atoms with Gasteiger partial charge in [0.2, 0.25) is 5.95 Å². The van der Waals surface area contributed by atoms with E-state index in [0.29, 0.717) is 12.6 Å². The number of hydrogen-bond donors (Lipinski definition) is 1. The topological polar surface area (TPSA) is 68.7 Å². The molecule has 2 aromatic rings. The van der Waals surface area contributed by atoms with E-state index in [1.54, 1.807) is 0 Å². The minimum atomic E-state index is 0.346. The normalized spacial score (nSPS) is 16.8. The maximum atomic E-state index is 5.82. The summed E-state index contributed by atoms with van der Waals surface area (Å²) in [5.74, 6) is 0.800. The second-order valence-corrected chi connectivity index (χ2v) is 6.18. The van der Waals surface area contributed by atoms with Crippen LogP contribution in [0.1, 0.15) is 19.3 Å². The molecule has 0 spiro atoms. The van der Waals surface area contributed by atoms with Crippen LogP contribution in [0.25, 0.3) is 5.65 Å². The van der Waals surface area contributed by atoms with Gasteiger partial charge in [0, 0.05) is 30.4 Å². The third-order valence-corrected chi connectivity index (χ3v) is 4.18. The summed E-state index contributed by atoms with van der Waals surface area (Å²) in [7, 11) is 0. The summed E-state index contributed by atoms with van der Waals surface area (Å²) in [6, 6.07) is 3.94. The van der Waals surface area contributed by atoms with Crippen LogP contribution in [-0.4, -0.2) is 46.9 Å². The van der Waals surface area contributed by atoms with Crippen LogP contribution < -0.4 is 10.6 Å². The molecule has 3 rings (SSSR count). The van der Waals surface area contributed by atoms with Crippen LogP contribution in [0.3, 0.4) is 0 Å². The summed E-state index contributed by atoms with van der Waals surface area (Å²) in [5, 5.41) is 4.54. The van der Waals surface area contributed by atoms with Crippen LogP contribution in [0.2, 0.25) is 0 Å². The van der Waals surface area contributed by atoms with Crippen LogP contribution >= 0.6 is 15.9 Å². The highest BCUT2D eigenvalue weighted by Crippen LogP contribution is 2.20. The summed E-state index contributed by atoms with van der Waals surface area (Å²) in [5.41, 5.74) is 6.35. The van der Waals surface area contributed by atoms with Gasteiger partial charge in [-0.05, 0) is 53.9 Å². The van der Waals surface area contributed by atoms with Crippen molar-refractivity contribution >= 4 is 27.5 Å². The SMILES string of the molecule is NCCCOC1CCN(c2nc3ccc(Br)cn3n2)CC1. The highest BCUT2D eigenvalue weighted by atomic mass is 79.9. The minimum absolute atomic E-state index is 0.346. The number of rotatable bonds is 5. The van der Waals surface area contributed by atoms with E-state index in [1.165, 1.54) is 0 Å². The van der Waals surface area contributed by atoms with E-state index >= 15 is 0 Å². The number of piperidine rings is 1. The molecule has 0 atom stereocenters. The largest absolute Gasteiger partial charge is 0.378 e. The molecule has 0 aliphatic carbocycles. The fraction of sp³-hybridized carbons (Fsp3) is 0.571. The lowest BCUT2D eigenvalue weighted by Gasteiger charge is -2.31. The molecule has 0 radical (unpaired) electrons. The molecule has 2 N–H and O–H groups in total. The Balaban J connectivity index is 1.60. The first-order valence-corrected chi connectivity index (χ1v) is 8.14. The molecule has 1 saturated heterocycles. The smallest absolute Gasteiger partial charge is 0.245 e. The fourth-order valence-corrected chi connectivity index (χ4v) is 2.86. The van der Waals surface area contributed by atoms with Crippen molar-refractivity contribution in [3.8, 4) is 0 Å². The highest BCUT2D eigenvalue weighted by molar-refractivity contribution is 9.10. The zero-order valence-corrected chi connectivity index (χ0v) is 13.5. The summed E-state index contributed by atoms with van der Waals surface area (Å²) >= 11 is 3.45. The molecule has 1 aliphatic rings. The lowest BCUT2D eigenvalue weighted by Crippen LogP contribution is -2.37. The number of halogens is 1. The van der Waals surface area contributed by atoms with Crippen molar-refractivity contribution in [2.75, 3.05) is 31.1 Å². The second kappa shape index (κ2) is 6.72. The van der Waals surface area contributed by atoms with Crippen molar-refractivity contribution < 1.29 is 4.74 Å². The Morgan fingerprint density at radius 3 is 2.90 bits per heavy atom. The van der Waals surface area contributed by atoms with Crippen LogP contribution in [0.5, 0.6) is 0 Å². The average molecular weight is 354 g/mol. The monoisotopic (exact) mass is 353 g/mol. The van der Waals surface area contributed by atoms with Crippen LogP contribution in [0.4, 0.5) is 5.95 Å². The van der Waals surface area contributed by atoms with Gasteiger partial charge in [-0.25, -0.2) is 4.52 Å². The van der Waals surface area contributed by atoms with Gasteiger partial charge < -0.3 is 15.4 Å². The summed E-state index contributed by atoms with van der Waals surface area (Å²) in [6.07, 6.45) is 5.24. The van der Waals surface area contributed by atoms with Crippen molar-refractivity contribution in [1.29, 1.82) is 0 Å². The number of pyridine rings is 1. The molecule has 0 bridgehead atoms. The number of nitrogens with two attached hydrogens (primary N) is 1. The quantitative estimate of drug-likeness (QED) is 0.830. The highest BCUT2D eigenvalue weighted by Gasteiger charge is 2.22.